The summed E-state index contributed by atoms with van der Waals surface area (Å²) in [5.41, 5.74) is 23.7. The molecule has 2 nitrogen and oxygen atoms in total. The quantitative estimate of drug-likeness (QED) is 0.173. The second-order valence-electron chi connectivity index (χ2n) is 22.1. The maximum atomic E-state index is 4.18. The van der Waals surface area contributed by atoms with Gasteiger partial charge in [-0.3, -0.25) is 0 Å². The summed E-state index contributed by atoms with van der Waals surface area (Å²) in [7, 11) is 2.54. The average Bonchev–Trinajstić information content (AvgIpc) is 3.86. The average molecular weight is 918 g/mol. The van der Waals surface area contributed by atoms with E-state index in [9.17, 15) is 0 Å². The number of benzene rings is 9. The maximum Gasteiger partial charge on any atom is 0.197 e. The minimum absolute atomic E-state index is 0.0819. The van der Waals surface area contributed by atoms with Gasteiger partial charge in [0.15, 0.2) is 7.28 Å². The van der Waals surface area contributed by atoms with Gasteiger partial charge in [0, 0.05) is 53.9 Å². The Morgan fingerprint density at radius 2 is 1.14 bits per heavy atom. The summed E-state index contributed by atoms with van der Waals surface area (Å²) in [4.78, 5) is 2.63. The highest BCUT2D eigenvalue weighted by atomic mass is 32.1. The number of anilines is 5. The van der Waals surface area contributed by atoms with Gasteiger partial charge in [-0.05, 0) is 133 Å². The monoisotopic (exact) mass is 917 g/mol. The molecule has 4 aliphatic rings. The summed E-state index contributed by atoms with van der Waals surface area (Å²) in [5, 5.41) is 6.78. The summed E-state index contributed by atoms with van der Waals surface area (Å²) in [6.45, 7) is 14.6. The lowest BCUT2D eigenvalue weighted by molar-refractivity contribution is 0.332. The van der Waals surface area contributed by atoms with E-state index in [0.717, 1.165) is 11.4 Å². The molecule has 0 atom stereocenters. The molecule has 0 amide bonds. The molecule has 0 bridgehead atoms. The Kier molecular flexibility index (Phi) is 8.78. The van der Waals surface area contributed by atoms with Crippen molar-refractivity contribution in [3.8, 4) is 22.3 Å². The molecule has 0 unspecified atom stereocenters. The van der Waals surface area contributed by atoms with E-state index in [2.05, 4.69) is 247 Å². The second kappa shape index (κ2) is 14.7. The first-order valence-corrected chi connectivity index (χ1v) is 25.9. The van der Waals surface area contributed by atoms with Crippen molar-refractivity contribution in [2.24, 2.45) is 0 Å². The van der Waals surface area contributed by atoms with Gasteiger partial charge in [-0.2, -0.15) is 0 Å². The zero-order valence-corrected chi connectivity index (χ0v) is 41.6. The van der Waals surface area contributed by atoms with E-state index in [1.165, 1.54) is 128 Å². The third-order valence-electron chi connectivity index (χ3n) is 17.0. The Labute approximate surface area is 416 Å². The van der Waals surface area contributed by atoms with Gasteiger partial charge in [-0.15, -0.1) is 11.3 Å². The van der Waals surface area contributed by atoms with Crippen LogP contribution < -0.4 is 21.1 Å². The van der Waals surface area contributed by atoms with Crippen molar-refractivity contribution in [1.82, 2.24) is 0 Å². The fourth-order valence-corrected chi connectivity index (χ4v) is 14.6. The SMILES string of the molecule is CC1(C)CCC(C)(C)c2cc(Nc3cc4c(cc3-c3c5c(cc6c3C(C)(C)c3ccccc3-6)N3c6ccccc6C(c6ccccc6)(c6ccccc6)c6cccc(c63)[B]5)sc3ccccc34)ccc21. The van der Waals surface area contributed by atoms with Gasteiger partial charge in [0.25, 0.3) is 0 Å². The number of nitrogens with zero attached hydrogens (tertiary/aromatic N) is 1. The fourth-order valence-electron chi connectivity index (χ4n) is 13.5. The molecule has 14 rings (SSSR count). The topological polar surface area (TPSA) is 15.3 Å². The van der Waals surface area contributed by atoms with Crippen LogP contribution in [0.15, 0.2) is 188 Å². The van der Waals surface area contributed by atoms with Crippen LogP contribution in [0.2, 0.25) is 0 Å². The first kappa shape index (κ1) is 41.8. The number of hydrogen-bond donors (Lipinski definition) is 1. The molecular formula is C66H54BN2S. The molecular weight excluding hydrogens is 864 g/mol. The molecule has 4 heteroatoms. The fraction of sp³-hybridized carbons (Fsp3) is 0.182. The van der Waals surface area contributed by atoms with E-state index < -0.39 is 5.41 Å². The highest BCUT2D eigenvalue weighted by Crippen LogP contribution is 2.61. The van der Waals surface area contributed by atoms with Crippen molar-refractivity contribution in [1.29, 1.82) is 0 Å². The number of hydrogen-bond acceptors (Lipinski definition) is 3. The Bertz CT molecular complexity index is 3780. The van der Waals surface area contributed by atoms with Crippen LogP contribution >= 0.6 is 11.3 Å². The summed E-state index contributed by atoms with van der Waals surface area (Å²) in [6.07, 6.45) is 2.36. The van der Waals surface area contributed by atoms with Crippen LogP contribution in [0.1, 0.15) is 98.9 Å². The first-order chi connectivity index (χ1) is 33.9. The minimum atomic E-state index is -0.553. The van der Waals surface area contributed by atoms with E-state index >= 15 is 0 Å². The largest absolute Gasteiger partial charge is 0.355 e. The lowest BCUT2D eigenvalue weighted by atomic mass is 9.53. The van der Waals surface area contributed by atoms with Crippen LogP contribution in [-0.4, -0.2) is 7.28 Å². The van der Waals surface area contributed by atoms with Crippen molar-refractivity contribution in [2.75, 3.05) is 10.2 Å². The molecule has 0 fully saturated rings. The Morgan fingerprint density at radius 1 is 0.486 bits per heavy atom. The first-order valence-electron chi connectivity index (χ1n) is 25.1. The molecule has 1 N–H and O–H groups in total. The second-order valence-corrected chi connectivity index (χ2v) is 23.2. The van der Waals surface area contributed by atoms with Crippen molar-refractivity contribution in [3.05, 3.63) is 233 Å². The number of thiophene rings is 1. The van der Waals surface area contributed by atoms with Gasteiger partial charge < -0.3 is 10.2 Å². The normalized spacial score (nSPS) is 16.9. The molecule has 0 spiro atoms. The third-order valence-corrected chi connectivity index (χ3v) is 18.1. The Balaban J connectivity index is 1.08. The molecule has 0 saturated carbocycles. The molecule has 3 heterocycles. The van der Waals surface area contributed by atoms with Crippen LogP contribution in [-0.2, 0) is 21.7 Å². The number of rotatable bonds is 5. The lowest BCUT2D eigenvalue weighted by Crippen LogP contribution is -2.47. The standard InChI is InChI=1S/C66H54BN2S/c1-63(2)34-35-64(3,4)52-36-42(32-33-49(52)63)68-54-37-45-44-25-14-18-31-57(44)70-58(45)39-47(54)59-60-46(43-24-13-15-26-48(43)65(60,5)6)38-56-61(59)67-53-29-19-28-51-62(53)69(56)55-30-17-16-27-50(55)66(51,40-20-9-7-10-21-40)41-22-11-8-12-23-41/h7-33,36-39,68H,34-35H2,1-6H3. The number of fused-ring (bicyclic) bond motifs is 11. The molecule has 337 valence electrons. The summed E-state index contributed by atoms with van der Waals surface area (Å²) in [5.74, 6) is 0. The summed E-state index contributed by atoms with van der Waals surface area (Å²) >= 11 is 1.90. The minimum Gasteiger partial charge on any atom is -0.355 e. The summed E-state index contributed by atoms with van der Waals surface area (Å²) < 4.78 is 2.61. The maximum absolute atomic E-state index is 4.18. The molecule has 2 aliphatic carbocycles. The summed E-state index contributed by atoms with van der Waals surface area (Å²) in [6, 6.07) is 71.5. The Hall–Kier alpha value is -7.14. The van der Waals surface area contributed by atoms with Crippen molar-refractivity contribution in [2.45, 2.75) is 76.0 Å². The molecule has 9 aromatic carbocycles. The van der Waals surface area contributed by atoms with E-state index in [1.807, 2.05) is 11.3 Å². The van der Waals surface area contributed by atoms with Crippen LogP contribution in [0, 0.1) is 0 Å². The van der Waals surface area contributed by atoms with Crippen molar-refractivity contribution in [3.63, 3.8) is 0 Å². The molecule has 70 heavy (non-hydrogen) atoms. The molecule has 1 radical (unpaired) electrons. The highest BCUT2D eigenvalue weighted by Gasteiger charge is 2.50. The van der Waals surface area contributed by atoms with Crippen molar-refractivity contribution < 1.29 is 0 Å². The van der Waals surface area contributed by atoms with Gasteiger partial charge in [0.2, 0.25) is 0 Å². The van der Waals surface area contributed by atoms with Gasteiger partial charge in [-0.25, -0.2) is 0 Å². The van der Waals surface area contributed by atoms with Gasteiger partial charge in [-0.1, -0.05) is 193 Å². The zero-order chi connectivity index (χ0) is 47.3. The predicted molar refractivity (Wildman–Crippen MR) is 299 cm³/mol. The van der Waals surface area contributed by atoms with E-state index in [4.69, 9.17) is 0 Å². The zero-order valence-electron chi connectivity index (χ0n) is 40.7. The lowest BCUT2D eigenvalue weighted by Gasteiger charge is -2.49. The smallest absolute Gasteiger partial charge is 0.197 e. The van der Waals surface area contributed by atoms with Gasteiger partial charge in [0.1, 0.15) is 0 Å². The van der Waals surface area contributed by atoms with Gasteiger partial charge in [0.05, 0.1) is 11.1 Å². The molecule has 2 aliphatic heterocycles. The molecule has 1 aromatic heterocycles. The highest BCUT2D eigenvalue weighted by molar-refractivity contribution is 7.25. The van der Waals surface area contributed by atoms with Crippen LogP contribution in [0.25, 0.3) is 42.4 Å². The predicted octanol–water partition coefficient (Wildman–Crippen LogP) is 16.3. The van der Waals surface area contributed by atoms with E-state index in [1.54, 1.807) is 0 Å². The van der Waals surface area contributed by atoms with Gasteiger partial charge >= 0.3 is 0 Å². The van der Waals surface area contributed by atoms with Crippen LogP contribution in [0.4, 0.5) is 28.4 Å². The number of nitrogens with one attached hydrogen (secondary N) is 1. The molecule has 0 saturated heterocycles. The Morgan fingerprint density at radius 3 is 1.91 bits per heavy atom. The van der Waals surface area contributed by atoms with E-state index in [0.29, 0.717) is 0 Å². The van der Waals surface area contributed by atoms with Crippen LogP contribution in [0.3, 0.4) is 0 Å². The van der Waals surface area contributed by atoms with Crippen molar-refractivity contribution >= 4 is 78.2 Å². The number of para-hydroxylation sites is 2. The van der Waals surface area contributed by atoms with E-state index in [-0.39, 0.29) is 16.2 Å². The van der Waals surface area contributed by atoms with Crippen LogP contribution in [0.5, 0.6) is 0 Å². The third kappa shape index (κ3) is 5.69. The molecule has 10 aromatic rings.